The SMILES string of the molecule is COCC1Cn2ccc3nc(NCc4ccc(OC5CCC(F)(F)CC5)nc4)nc(c32)N1C. The molecule has 0 saturated heterocycles. The number of rotatable bonds is 7. The fraction of sp³-hybridized carbons (Fsp3) is 0.522. The summed E-state index contributed by atoms with van der Waals surface area (Å²) in [5.41, 5.74) is 2.86. The first-order valence-corrected chi connectivity index (χ1v) is 11.2. The molecule has 1 fully saturated rings. The zero-order chi connectivity index (χ0) is 23.0. The average Bonchev–Trinajstić information content (AvgIpc) is 3.21. The van der Waals surface area contributed by atoms with Gasteiger partial charge in [-0.1, -0.05) is 6.07 Å². The Bertz CT molecular complexity index is 1110. The minimum atomic E-state index is -2.56. The van der Waals surface area contributed by atoms with Crippen LogP contribution in [-0.2, 0) is 17.8 Å². The molecule has 0 amide bonds. The molecule has 1 saturated carbocycles. The average molecular weight is 459 g/mol. The van der Waals surface area contributed by atoms with E-state index in [4.69, 9.17) is 14.5 Å². The van der Waals surface area contributed by atoms with E-state index in [0.717, 1.165) is 29.0 Å². The summed E-state index contributed by atoms with van der Waals surface area (Å²) < 4.78 is 40.0. The summed E-state index contributed by atoms with van der Waals surface area (Å²) >= 11 is 0. The Morgan fingerprint density at radius 1 is 1.18 bits per heavy atom. The molecule has 0 radical (unpaired) electrons. The second-order valence-corrected chi connectivity index (χ2v) is 8.82. The van der Waals surface area contributed by atoms with Crippen LogP contribution < -0.4 is 15.0 Å². The minimum absolute atomic E-state index is 0.128. The number of likely N-dealkylation sites (N-methyl/N-ethyl adjacent to an activating group) is 1. The molecule has 4 heterocycles. The van der Waals surface area contributed by atoms with E-state index in [1.54, 1.807) is 19.4 Å². The molecule has 1 aliphatic heterocycles. The monoisotopic (exact) mass is 458 g/mol. The van der Waals surface area contributed by atoms with Gasteiger partial charge < -0.3 is 24.3 Å². The normalized spacial score (nSPS) is 20.2. The van der Waals surface area contributed by atoms with Crippen LogP contribution in [0, 0.1) is 0 Å². The summed E-state index contributed by atoms with van der Waals surface area (Å²) in [6.45, 7) is 1.95. The molecule has 33 heavy (non-hydrogen) atoms. The maximum absolute atomic E-state index is 13.3. The summed E-state index contributed by atoms with van der Waals surface area (Å²) in [7, 11) is 3.74. The highest BCUT2D eigenvalue weighted by atomic mass is 19.3. The summed E-state index contributed by atoms with van der Waals surface area (Å²) in [5.74, 6) is -0.679. The molecule has 1 atom stereocenters. The first-order chi connectivity index (χ1) is 15.9. The van der Waals surface area contributed by atoms with E-state index in [2.05, 4.69) is 24.8 Å². The van der Waals surface area contributed by atoms with E-state index in [1.807, 2.05) is 25.4 Å². The first kappa shape index (κ1) is 21.8. The van der Waals surface area contributed by atoms with Crippen molar-refractivity contribution in [2.75, 3.05) is 31.0 Å². The predicted octanol–water partition coefficient (Wildman–Crippen LogP) is 3.86. The molecule has 2 aliphatic rings. The molecule has 8 nitrogen and oxygen atoms in total. The highest BCUT2D eigenvalue weighted by Crippen LogP contribution is 2.34. The van der Waals surface area contributed by atoms with Crippen molar-refractivity contribution in [2.45, 2.75) is 56.8 Å². The van der Waals surface area contributed by atoms with Gasteiger partial charge in [-0.15, -0.1) is 0 Å². The van der Waals surface area contributed by atoms with Gasteiger partial charge in [-0.2, -0.15) is 4.98 Å². The number of hydrogen-bond donors (Lipinski definition) is 1. The van der Waals surface area contributed by atoms with E-state index in [1.165, 1.54) is 0 Å². The molecule has 1 aliphatic carbocycles. The number of nitrogens with one attached hydrogen (secondary N) is 1. The number of nitrogens with zero attached hydrogens (tertiary/aromatic N) is 5. The second kappa shape index (κ2) is 8.74. The molecule has 5 rings (SSSR count). The number of pyridine rings is 1. The molecule has 3 aromatic heterocycles. The molecule has 176 valence electrons. The smallest absolute Gasteiger partial charge is 0.248 e. The third kappa shape index (κ3) is 4.57. The van der Waals surface area contributed by atoms with Crippen LogP contribution in [-0.4, -0.2) is 58.4 Å². The van der Waals surface area contributed by atoms with Crippen LogP contribution in [0.5, 0.6) is 5.88 Å². The molecule has 1 unspecified atom stereocenters. The third-order valence-electron chi connectivity index (χ3n) is 6.44. The zero-order valence-corrected chi connectivity index (χ0v) is 18.8. The number of anilines is 2. The standard InChI is InChI=1S/C23H28F2N6O2/c1-30-16(14-32-2)13-31-10-7-18-20(31)21(30)29-22(28-18)27-12-15-3-4-19(26-11-15)33-17-5-8-23(24,25)9-6-17/h3-4,7,10-11,16-17H,5-6,8-9,12-14H2,1-2H3,(H,27,28,29). The van der Waals surface area contributed by atoms with Gasteiger partial charge in [-0.3, -0.25) is 0 Å². The van der Waals surface area contributed by atoms with Gasteiger partial charge in [0, 0.05) is 58.5 Å². The zero-order valence-electron chi connectivity index (χ0n) is 18.8. The fourth-order valence-electron chi connectivity index (χ4n) is 4.51. The highest BCUT2D eigenvalue weighted by molar-refractivity contribution is 5.89. The highest BCUT2D eigenvalue weighted by Gasteiger charge is 2.35. The van der Waals surface area contributed by atoms with Gasteiger partial charge in [0.05, 0.1) is 18.2 Å². The van der Waals surface area contributed by atoms with Crippen molar-refractivity contribution < 1.29 is 18.3 Å². The van der Waals surface area contributed by atoms with Crippen LogP contribution in [0.3, 0.4) is 0 Å². The number of aromatic nitrogens is 4. The first-order valence-electron chi connectivity index (χ1n) is 11.2. The van der Waals surface area contributed by atoms with Crippen molar-refractivity contribution >= 4 is 22.8 Å². The van der Waals surface area contributed by atoms with Crippen molar-refractivity contribution in [2.24, 2.45) is 0 Å². The largest absolute Gasteiger partial charge is 0.474 e. The van der Waals surface area contributed by atoms with Gasteiger partial charge in [0.15, 0.2) is 5.82 Å². The van der Waals surface area contributed by atoms with Crippen LogP contribution in [0.15, 0.2) is 30.6 Å². The molecule has 0 bridgehead atoms. The number of alkyl halides is 2. The van der Waals surface area contributed by atoms with Crippen molar-refractivity contribution in [3.8, 4) is 5.88 Å². The Morgan fingerprint density at radius 2 is 2.00 bits per heavy atom. The summed E-state index contributed by atoms with van der Waals surface area (Å²) in [6, 6.07) is 5.89. The third-order valence-corrected chi connectivity index (χ3v) is 6.44. The number of ether oxygens (including phenoxy) is 2. The Balaban J connectivity index is 1.23. The number of halogens is 2. The lowest BCUT2D eigenvalue weighted by Gasteiger charge is -2.34. The Morgan fingerprint density at radius 3 is 2.73 bits per heavy atom. The topological polar surface area (TPSA) is 77.3 Å². The van der Waals surface area contributed by atoms with Gasteiger partial charge >= 0.3 is 0 Å². The van der Waals surface area contributed by atoms with Crippen molar-refractivity contribution in [1.82, 2.24) is 19.5 Å². The lowest BCUT2D eigenvalue weighted by Crippen LogP contribution is -2.42. The Hall–Kier alpha value is -3.01. The minimum Gasteiger partial charge on any atom is -0.474 e. The van der Waals surface area contributed by atoms with Crippen LogP contribution in [0.25, 0.3) is 11.0 Å². The van der Waals surface area contributed by atoms with Crippen LogP contribution in [0.2, 0.25) is 0 Å². The van der Waals surface area contributed by atoms with Crippen molar-refractivity contribution in [3.63, 3.8) is 0 Å². The Labute approximate surface area is 190 Å². The predicted molar refractivity (Wildman–Crippen MR) is 121 cm³/mol. The van der Waals surface area contributed by atoms with Gasteiger partial charge in [0.2, 0.25) is 17.8 Å². The molecular formula is C23H28F2N6O2. The Kier molecular flexibility index (Phi) is 5.77. The van der Waals surface area contributed by atoms with E-state index in [0.29, 0.717) is 37.8 Å². The number of methoxy groups -OCH3 is 1. The van der Waals surface area contributed by atoms with E-state index < -0.39 is 5.92 Å². The summed E-state index contributed by atoms with van der Waals surface area (Å²) in [6.07, 6.45) is 4.00. The van der Waals surface area contributed by atoms with Crippen molar-refractivity contribution in [1.29, 1.82) is 0 Å². The quantitative estimate of drug-likeness (QED) is 0.576. The number of hydrogen-bond acceptors (Lipinski definition) is 7. The fourth-order valence-corrected chi connectivity index (χ4v) is 4.51. The van der Waals surface area contributed by atoms with Crippen LogP contribution in [0.1, 0.15) is 31.2 Å². The summed E-state index contributed by atoms with van der Waals surface area (Å²) in [5, 5.41) is 3.28. The van der Waals surface area contributed by atoms with Crippen LogP contribution >= 0.6 is 0 Å². The molecule has 1 N–H and O–H groups in total. The van der Waals surface area contributed by atoms with Crippen molar-refractivity contribution in [3.05, 3.63) is 36.2 Å². The second-order valence-electron chi connectivity index (χ2n) is 8.82. The maximum atomic E-state index is 13.3. The lowest BCUT2D eigenvalue weighted by molar-refractivity contribution is -0.0588. The van der Waals surface area contributed by atoms with E-state index in [9.17, 15) is 8.78 Å². The van der Waals surface area contributed by atoms with E-state index >= 15 is 0 Å². The van der Waals surface area contributed by atoms with E-state index in [-0.39, 0.29) is 25.0 Å². The molecule has 3 aromatic rings. The lowest BCUT2D eigenvalue weighted by atomic mass is 9.94. The van der Waals surface area contributed by atoms with Crippen LogP contribution in [0.4, 0.5) is 20.5 Å². The summed E-state index contributed by atoms with van der Waals surface area (Å²) in [4.78, 5) is 15.9. The molecule has 0 spiro atoms. The van der Waals surface area contributed by atoms with Gasteiger partial charge in [0.1, 0.15) is 11.6 Å². The maximum Gasteiger partial charge on any atom is 0.248 e. The molecule has 0 aromatic carbocycles. The van der Waals surface area contributed by atoms with Gasteiger partial charge in [0.25, 0.3) is 0 Å². The van der Waals surface area contributed by atoms with Gasteiger partial charge in [-0.25, -0.2) is 18.7 Å². The molecule has 10 heteroatoms. The molecular weight excluding hydrogens is 430 g/mol. The van der Waals surface area contributed by atoms with Gasteiger partial charge in [-0.05, 0) is 24.5 Å².